The summed E-state index contributed by atoms with van der Waals surface area (Å²) in [7, 11) is 1.23. The van der Waals surface area contributed by atoms with Crippen LogP contribution in [0.25, 0.3) is 22.2 Å². The van der Waals surface area contributed by atoms with Gasteiger partial charge in [0, 0.05) is 22.8 Å². The van der Waals surface area contributed by atoms with Gasteiger partial charge >= 0.3 is 5.97 Å². The Kier molecular flexibility index (Phi) is 4.99. The number of anilines is 1. The molecule has 0 spiro atoms. The number of pyridine rings is 1. The quantitative estimate of drug-likeness (QED) is 0.546. The van der Waals surface area contributed by atoms with E-state index in [0.717, 1.165) is 10.2 Å². The van der Waals surface area contributed by atoms with Gasteiger partial charge in [-0.2, -0.15) is 9.19 Å². The standard InChI is InChI=1S/C17H13FN4O3S/c1-3-15(23)20-11-6-7-19-13(9-11)10-4-5-14-12(8-10)16(17(24)25-2)21-22(14)26-18/h3-9H,1H2,2H3,(H,19,20,23). The first-order valence-electron chi connectivity index (χ1n) is 7.37. The summed E-state index contributed by atoms with van der Waals surface area (Å²) in [5.41, 5.74) is 2.21. The fraction of sp³-hybridized carbons (Fsp3) is 0.0588. The smallest absolute Gasteiger partial charge is 0.359 e. The summed E-state index contributed by atoms with van der Waals surface area (Å²) < 4.78 is 18.8. The predicted molar refractivity (Wildman–Crippen MR) is 97.2 cm³/mol. The first kappa shape index (κ1) is 17.6. The molecule has 0 aliphatic heterocycles. The van der Waals surface area contributed by atoms with Crippen molar-refractivity contribution in [3.63, 3.8) is 0 Å². The third kappa shape index (κ3) is 3.29. The molecule has 1 amide bonds. The van der Waals surface area contributed by atoms with E-state index in [1.54, 1.807) is 36.5 Å². The highest BCUT2D eigenvalue weighted by Crippen LogP contribution is 2.29. The van der Waals surface area contributed by atoms with E-state index < -0.39 is 5.97 Å². The Bertz CT molecular complexity index is 1020. The number of rotatable bonds is 5. The van der Waals surface area contributed by atoms with Crippen molar-refractivity contribution in [3.05, 3.63) is 54.9 Å². The summed E-state index contributed by atoms with van der Waals surface area (Å²) >= 11 is -0.114. The van der Waals surface area contributed by atoms with Gasteiger partial charge in [0.2, 0.25) is 5.91 Å². The van der Waals surface area contributed by atoms with Crippen molar-refractivity contribution in [2.24, 2.45) is 0 Å². The van der Waals surface area contributed by atoms with Gasteiger partial charge in [-0.05, 0) is 30.3 Å². The second-order valence-corrected chi connectivity index (χ2v) is 5.62. The van der Waals surface area contributed by atoms with Crippen molar-refractivity contribution >= 4 is 40.8 Å². The number of halogens is 1. The number of carbonyl (C=O) groups is 2. The average molecular weight is 372 g/mol. The number of nitrogens with zero attached hydrogens (tertiary/aromatic N) is 3. The molecule has 0 fully saturated rings. The normalized spacial score (nSPS) is 10.5. The van der Waals surface area contributed by atoms with Crippen LogP contribution >= 0.6 is 12.3 Å². The van der Waals surface area contributed by atoms with E-state index in [0.29, 0.717) is 27.8 Å². The van der Waals surface area contributed by atoms with E-state index in [1.807, 2.05) is 0 Å². The molecular weight excluding hydrogens is 359 g/mol. The van der Waals surface area contributed by atoms with E-state index in [9.17, 15) is 13.5 Å². The fourth-order valence-corrected chi connectivity index (χ4v) is 2.76. The number of ether oxygens (including phenoxy) is 1. The average Bonchev–Trinajstić information content (AvgIpc) is 3.05. The number of methoxy groups -OCH3 is 1. The van der Waals surface area contributed by atoms with Gasteiger partial charge in [-0.15, -0.1) is 3.89 Å². The molecule has 26 heavy (non-hydrogen) atoms. The Balaban J connectivity index is 2.09. The van der Waals surface area contributed by atoms with Gasteiger partial charge in [0.05, 0.1) is 18.3 Å². The van der Waals surface area contributed by atoms with Crippen molar-refractivity contribution in [1.29, 1.82) is 0 Å². The maximum absolute atomic E-state index is 13.1. The highest BCUT2D eigenvalue weighted by atomic mass is 32.2. The van der Waals surface area contributed by atoms with Crippen LogP contribution in [-0.4, -0.2) is 33.2 Å². The minimum Gasteiger partial charge on any atom is -0.464 e. The molecule has 0 aliphatic carbocycles. The maximum atomic E-state index is 13.1. The van der Waals surface area contributed by atoms with Crippen LogP contribution in [0.5, 0.6) is 0 Å². The molecule has 0 unspecified atom stereocenters. The van der Waals surface area contributed by atoms with E-state index in [-0.39, 0.29) is 23.9 Å². The third-order valence-corrected chi connectivity index (χ3v) is 4.01. The molecule has 7 nitrogen and oxygen atoms in total. The van der Waals surface area contributed by atoms with Crippen LogP contribution in [0.4, 0.5) is 9.57 Å². The van der Waals surface area contributed by atoms with Gasteiger partial charge in [-0.3, -0.25) is 9.78 Å². The van der Waals surface area contributed by atoms with Gasteiger partial charge in [-0.1, -0.05) is 12.6 Å². The molecule has 0 atom stereocenters. The van der Waals surface area contributed by atoms with Crippen molar-refractivity contribution in [1.82, 2.24) is 14.2 Å². The Morgan fingerprint density at radius 3 is 2.85 bits per heavy atom. The second kappa shape index (κ2) is 7.36. The number of esters is 1. The predicted octanol–water partition coefficient (Wildman–Crippen LogP) is 3.39. The molecule has 9 heteroatoms. The van der Waals surface area contributed by atoms with Gasteiger partial charge < -0.3 is 10.1 Å². The number of aromatic nitrogens is 3. The van der Waals surface area contributed by atoms with E-state index in [4.69, 9.17) is 4.74 Å². The third-order valence-electron chi connectivity index (χ3n) is 3.60. The van der Waals surface area contributed by atoms with E-state index in [1.165, 1.54) is 7.11 Å². The molecule has 0 saturated heterocycles. The minimum absolute atomic E-state index is 0.00520. The molecule has 132 valence electrons. The lowest BCUT2D eigenvalue weighted by Crippen LogP contribution is -2.07. The van der Waals surface area contributed by atoms with Gasteiger partial charge in [0.1, 0.15) is 0 Å². The van der Waals surface area contributed by atoms with Crippen LogP contribution in [-0.2, 0) is 9.53 Å². The molecule has 0 radical (unpaired) electrons. The number of benzene rings is 1. The SMILES string of the molecule is C=CC(=O)Nc1ccnc(-c2ccc3c(c2)c(C(=O)OC)nn3SF)c1. The first-order valence-corrected chi connectivity index (χ1v) is 8.04. The largest absolute Gasteiger partial charge is 0.464 e. The number of hydrogen-bond acceptors (Lipinski definition) is 6. The van der Waals surface area contributed by atoms with Crippen LogP contribution in [0.15, 0.2) is 49.2 Å². The Hall–Kier alpha value is -3.20. The minimum atomic E-state index is -0.667. The summed E-state index contributed by atoms with van der Waals surface area (Å²) in [6.07, 6.45) is 2.71. The molecule has 2 aromatic heterocycles. The van der Waals surface area contributed by atoms with E-state index in [2.05, 4.69) is 22.0 Å². The van der Waals surface area contributed by atoms with E-state index >= 15 is 0 Å². The molecule has 1 aromatic carbocycles. The number of fused-ring (bicyclic) bond motifs is 1. The summed E-state index contributed by atoms with van der Waals surface area (Å²) in [6, 6.07) is 8.34. The number of amides is 1. The van der Waals surface area contributed by atoms with Crippen LogP contribution in [0.2, 0.25) is 0 Å². The molecule has 0 bridgehead atoms. The van der Waals surface area contributed by atoms with Crippen molar-refractivity contribution < 1.29 is 18.2 Å². The maximum Gasteiger partial charge on any atom is 0.359 e. The Morgan fingerprint density at radius 1 is 1.35 bits per heavy atom. The van der Waals surface area contributed by atoms with Gasteiger partial charge in [-0.25, -0.2) is 4.79 Å². The van der Waals surface area contributed by atoms with Crippen LogP contribution in [0.3, 0.4) is 0 Å². The first-order chi connectivity index (χ1) is 12.6. The Morgan fingerprint density at radius 2 is 2.15 bits per heavy atom. The molecular formula is C17H13FN4O3S. The number of nitrogens with one attached hydrogen (secondary N) is 1. The van der Waals surface area contributed by atoms with Crippen LogP contribution < -0.4 is 5.32 Å². The van der Waals surface area contributed by atoms with Gasteiger partial charge in [0.15, 0.2) is 18.0 Å². The van der Waals surface area contributed by atoms with Crippen LogP contribution in [0, 0.1) is 0 Å². The van der Waals surface area contributed by atoms with Crippen molar-refractivity contribution in [3.8, 4) is 11.3 Å². The highest BCUT2D eigenvalue weighted by Gasteiger charge is 2.19. The molecule has 3 aromatic rings. The molecule has 2 heterocycles. The topological polar surface area (TPSA) is 86.1 Å². The lowest BCUT2D eigenvalue weighted by atomic mass is 10.1. The highest BCUT2D eigenvalue weighted by molar-refractivity contribution is 7.92. The lowest BCUT2D eigenvalue weighted by molar-refractivity contribution is -0.111. The number of hydrogen-bond donors (Lipinski definition) is 1. The number of carbonyl (C=O) groups excluding carboxylic acids is 2. The van der Waals surface area contributed by atoms with Crippen molar-refractivity contribution in [2.45, 2.75) is 0 Å². The molecule has 1 N–H and O–H groups in total. The summed E-state index contributed by atoms with van der Waals surface area (Å²) in [4.78, 5) is 27.6. The molecule has 3 rings (SSSR count). The van der Waals surface area contributed by atoms with Crippen LogP contribution in [0.1, 0.15) is 10.5 Å². The summed E-state index contributed by atoms with van der Waals surface area (Å²) in [6.45, 7) is 3.40. The lowest BCUT2D eigenvalue weighted by Gasteiger charge is -2.06. The summed E-state index contributed by atoms with van der Waals surface area (Å²) in [5, 5.41) is 7.01. The molecule has 0 aliphatic rings. The van der Waals surface area contributed by atoms with Crippen molar-refractivity contribution in [2.75, 3.05) is 12.4 Å². The second-order valence-electron chi connectivity index (χ2n) is 5.14. The zero-order valence-corrected chi connectivity index (χ0v) is 14.4. The molecule has 0 saturated carbocycles. The summed E-state index contributed by atoms with van der Waals surface area (Å²) in [5.74, 6) is -1.01. The fourth-order valence-electron chi connectivity index (χ4n) is 2.41. The Labute approximate surface area is 152 Å². The zero-order valence-electron chi connectivity index (χ0n) is 13.6. The van der Waals surface area contributed by atoms with Gasteiger partial charge in [0.25, 0.3) is 0 Å². The zero-order chi connectivity index (χ0) is 18.7. The monoisotopic (exact) mass is 372 g/mol.